The zero-order valence-electron chi connectivity index (χ0n) is 21.1. The molecule has 3 aromatic heterocycles. The van der Waals surface area contributed by atoms with Crippen LogP contribution in [-0.4, -0.2) is 36.6 Å². The van der Waals surface area contributed by atoms with Crippen LogP contribution in [0.2, 0.25) is 0 Å². The van der Waals surface area contributed by atoms with Gasteiger partial charge in [0.25, 0.3) is 0 Å². The van der Waals surface area contributed by atoms with Crippen molar-refractivity contribution in [3.63, 3.8) is 0 Å². The van der Waals surface area contributed by atoms with Gasteiger partial charge in [-0.05, 0) is 32.3 Å². The fourth-order valence-corrected chi connectivity index (χ4v) is 4.16. The van der Waals surface area contributed by atoms with Crippen LogP contribution in [0, 0.1) is 0 Å². The number of imidazole rings is 1. The molecule has 0 radical (unpaired) electrons. The average Bonchev–Trinajstić information content (AvgIpc) is 3.64. The van der Waals surface area contributed by atoms with E-state index in [4.69, 9.17) is 10.5 Å². The van der Waals surface area contributed by atoms with Gasteiger partial charge < -0.3 is 20.4 Å². The Morgan fingerprint density at radius 1 is 1.11 bits per heavy atom. The summed E-state index contributed by atoms with van der Waals surface area (Å²) in [5.41, 5.74) is 8.58. The van der Waals surface area contributed by atoms with Gasteiger partial charge in [0.1, 0.15) is 17.7 Å². The average molecular weight is 525 g/mol. The second kappa shape index (κ2) is 9.92. The number of benzene rings is 1. The Hall–Kier alpha value is -4.22. The van der Waals surface area contributed by atoms with Crippen LogP contribution < -0.4 is 15.8 Å². The number of anilines is 2. The minimum Gasteiger partial charge on any atom is -0.480 e. The van der Waals surface area contributed by atoms with E-state index in [2.05, 4.69) is 30.2 Å². The molecule has 0 spiro atoms. The number of aromatic nitrogens is 6. The van der Waals surface area contributed by atoms with E-state index in [9.17, 15) is 13.2 Å². The van der Waals surface area contributed by atoms with Gasteiger partial charge in [0.2, 0.25) is 5.88 Å². The highest BCUT2D eigenvalue weighted by Crippen LogP contribution is 2.45. The molecule has 0 bridgehead atoms. The number of hydrogen-bond acceptors (Lipinski definition) is 8. The van der Waals surface area contributed by atoms with E-state index in [0.717, 1.165) is 30.3 Å². The monoisotopic (exact) mass is 524 g/mol. The third-order valence-electron chi connectivity index (χ3n) is 6.29. The molecule has 0 unspecified atom stereocenters. The van der Waals surface area contributed by atoms with E-state index in [1.165, 1.54) is 17.1 Å². The summed E-state index contributed by atoms with van der Waals surface area (Å²) < 4.78 is 46.7. The van der Waals surface area contributed by atoms with Crippen molar-refractivity contribution >= 4 is 11.5 Å². The minimum absolute atomic E-state index is 0.182. The van der Waals surface area contributed by atoms with Gasteiger partial charge in [-0.2, -0.15) is 13.2 Å². The number of nitrogens with two attached hydrogens (primary N) is 1. The summed E-state index contributed by atoms with van der Waals surface area (Å²) in [7, 11) is 1.54. The lowest BCUT2D eigenvalue weighted by Gasteiger charge is -2.14. The topological polar surface area (TPSA) is 117 Å². The zero-order chi connectivity index (χ0) is 27.0. The van der Waals surface area contributed by atoms with Crippen molar-refractivity contribution in [2.75, 3.05) is 18.2 Å². The van der Waals surface area contributed by atoms with E-state index in [0.29, 0.717) is 46.8 Å². The van der Waals surface area contributed by atoms with Gasteiger partial charge in [-0.1, -0.05) is 24.3 Å². The maximum absolute atomic E-state index is 13.2. The Labute approximate surface area is 217 Å². The third kappa shape index (κ3) is 5.11. The first-order valence-electron chi connectivity index (χ1n) is 12.2. The lowest BCUT2D eigenvalue weighted by Crippen LogP contribution is -2.08. The Balaban J connectivity index is 1.37. The molecule has 9 nitrogen and oxygen atoms in total. The van der Waals surface area contributed by atoms with Crippen molar-refractivity contribution in [2.45, 2.75) is 51.4 Å². The van der Waals surface area contributed by atoms with Crippen molar-refractivity contribution < 1.29 is 17.9 Å². The van der Waals surface area contributed by atoms with Gasteiger partial charge >= 0.3 is 6.18 Å². The summed E-state index contributed by atoms with van der Waals surface area (Å²) in [6.07, 6.45) is 1.63. The molecule has 38 heavy (non-hydrogen) atoms. The number of hydrogen-bond donors (Lipinski definition) is 2. The van der Waals surface area contributed by atoms with E-state index in [1.54, 1.807) is 19.2 Å². The van der Waals surface area contributed by atoms with E-state index in [-0.39, 0.29) is 11.9 Å². The third-order valence-corrected chi connectivity index (χ3v) is 6.29. The van der Waals surface area contributed by atoms with Gasteiger partial charge in [-0.25, -0.2) is 24.9 Å². The normalized spacial score (nSPS) is 13.7. The number of halogens is 3. The summed E-state index contributed by atoms with van der Waals surface area (Å²) in [6.45, 7) is 4.01. The Morgan fingerprint density at radius 3 is 2.47 bits per heavy atom. The smallest absolute Gasteiger partial charge is 0.434 e. The van der Waals surface area contributed by atoms with Gasteiger partial charge in [0.05, 0.1) is 24.7 Å². The zero-order valence-corrected chi connectivity index (χ0v) is 21.1. The molecule has 12 heteroatoms. The second-order valence-electron chi connectivity index (χ2n) is 9.41. The summed E-state index contributed by atoms with van der Waals surface area (Å²) >= 11 is 0. The van der Waals surface area contributed by atoms with Crippen molar-refractivity contribution in [1.82, 2.24) is 29.5 Å². The number of methoxy groups -OCH3 is 1. The first kappa shape index (κ1) is 25.4. The molecule has 0 aliphatic heterocycles. The molecule has 1 aliphatic rings. The first-order chi connectivity index (χ1) is 18.2. The van der Waals surface area contributed by atoms with E-state index >= 15 is 0 Å². The lowest BCUT2D eigenvalue weighted by atomic mass is 10.1. The summed E-state index contributed by atoms with van der Waals surface area (Å²) in [6, 6.07) is 6.97. The number of alkyl halides is 3. The number of rotatable bonds is 8. The highest BCUT2D eigenvalue weighted by molar-refractivity contribution is 5.70. The molecule has 198 valence electrons. The van der Waals surface area contributed by atoms with E-state index in [1.807, 2.05) is 26.0 Å². The van der Waals surface area contributed by atoms with Crippen LogP contribution in [0.1, 0.15) is 55.6 Å². The van der Waals surface area contributed by atoms with Crippen LogP contribution in [0.15, 0.2) is 43.0 Å². The highest BCUT2D eigenvalue weighted by Gasteiger charge is 2.35. The summed E-state index contributed by atoms with van der Waals surface area (Å²) in [5, 5.41) is 3.23. The quantitative estimate of drug-likeness (QED) is 0.311. The van der Waals surface area contributed by atoms with Crippen molar-refractivity contribution in [3.8, 4) is 28.7 Å². The maximum Gasteiger partial charge on any atom is 0.434 e. The maximum atomic E-state index is 13.2. The van der Waals surface area contributed by atoms with Gasteiger partial charge in [-0.3, -0.25) is 0 Å². The molecule has 0 saturated heterocycles. The predicted octanol–water partition coefficient (Wildman–Crippen LogP) is 5.48. The molecule has 4 aromatic rings. The number of nitrogens with zero attached hydrogens (tertiary/aromatic N) is 6. The summed E-state index contributed by atoms with van der Waals surface area (Å²) in [5.74, 6) is 1.86. The van der Waals surface area contributed by atoms with Crippen LogP contribution >= 0.6 is 0 Å². The minimum atomic E-state index is -4.51. The van der Waals surface area contributed by atoms with E-state index < -0.39 is 11.9 Å². The van der Waals surface area contributed by atoms with Crippen molar-refractivity contribution in [1.29, 1.82) is 0 Å². The number of nitrogens with one attached hydrogen (secondary N) is 1. The molecular weight excluding hydrogens is 497 g/mol. The molecule has 3 heterocycles. The number of nitrogen functional groups attached to an aromatic ring is 1. The molecule has 0 atom stereocenters. The molecule has 5 rings (SSSR count). The Kier molecular flexibility index (Phi) is 6.64. The van der Waals surface area contributed by atoms with Gasteiger partial charge in [0, 0.05) is 30.3 Å². The molecule has 0 amide bonds. The Morgan fingerprint density at radius 2 is 1.84 bits per heavy atom. The fraction of sp³-hybridized carbons (Fsp3) is 0.346. The van der Waals surface area contributed by atoms with Crippen LogP contribution in [0.4, 0.5) is 24.7 Å². The fourth-order valence-electron chi connectivity index (χ4n) is 4.16. The van der Waals surface area contributed by atoms with Crippen LogP contribution in [0.5, 0.6) is 5.88 Å². The molecule has 1 fully saturated rings. The molecular formula is C26H27F3N8O. The largest absolute Gasteiger partial charge is 0.480 e. The molecule has 3 N–H and O–H groups in total. The van der Waals surface area contributed by atoms with Crippen LogP contribution in [0.3, 0.4) is 0 Å². The summed E-state index contributed by atoms with van der Waals surface area (Å²) in [4.78, 5) is 21.6. The predicted molar refractivity (Wildman–Crippen MR) is 136 cm³/mol. The first-order valence-corrected chi connectivity index (χ1v) is 12.2. The highest BCUT2D eigenvalue weighted by atomic mass is 19.4. The SMILES string of the molecule is COc1ncnc(C2CC2)c1-c1ncc(N)c(NCc2ccc(-c3nc(C(F)(F)F)cn3C(C)C)cc2)n1. The molecule has 1 aromatic carbocycles. The van der Waals surface area contributed by atoms with Crippen molar-refractivity contribution in [3.05, 3.63) is 59.9 Å². The Bertz CT molecular complexity index is 1450. The van der Waals surface area contributed by atoms with Gasteiger partial charge in [-0.15, -0.1) is 0 Å². The van der Waals surface area contributed by atoms with Crippen LogP contribution in [-0.2, 0) is 12.7 Å². The standard InChI is InChI=1S/C26H27F3N8O/c1-14(2)37-12-19(26(27,28)29)35-24(37)17-6-4-15(5-7-17)10-31-22-18(30)11-32-23(36-22)20-21(16-8-9-16)33-13-34-25(20)38-3/h4-7,11-14,16H,8-10,30H2,1-3H3,(H,31,32,36). The van der Waals surface area contributed by atoms with Crippen molar-refractivity contribution in [2.24, 2.45) is 0 Å². The molecule has 1 saturated carbocycles. The van der Waals surface area contributed by atoms with Crippen LogP contribution in [0.25, 0.3) is 22.8 Å². The number of ether oxygens (including phenoxy) is 1. The van der Waals surface area contributed by atoms with Gasteiger partial charge in [0.15, 0.2) is 17.3 Å². The lowest BCUT2D eigenvalue weighted by molar-refractivity contribution is -0.140. The second-order valence-corrected chi connectivity index (χ2v) is 9.41. The molecule has 1 aliphatic carbocycles.